The number of aromatic nitrogens is 2. The fraction of sp³-hybridized carbons (Fsp3) is 0.385. The summed E-state index contributed by atoms with van der Waals surface area (Å²) in [5.74, 6) is 0.676. The maximum Gasteiger partial charge on any atom is 0.243 e. The van der Waals surface area contributed by atoms with E-state index in [1.807, 2.05) is 6.07 Å². The van der Waals surface area contributed by atoms with Gasteiger partial charge in [-0.3, -0.25) is 0 Å². The number of rotatable bonds is 6. The molecule has 2 aliphatic heterocycles. The molecule has 0 saturated carbocycles. The highest BCUT2D eigenvalue weighted by molar-refractivity contribution is 7.89. The summed E-state index contributed by atoms with van der Waals surface area (Å²) >= 11 is 0. The number of hydrogen-bond acceptors (Lipinski definition) is 8. The molecule has 0 radical (unpaired) electrons. The second kappa shape index (κ2) is 10.4. The quantitative estimate of drug-likeness (QED) is 0.523. The van der Waals surface area contributed by atoms with Crippen molar-refractivity contribution in [2.24, 2.45) is 0 Å². The molecule has 3 N–H and O–H groups in total. The van der Waals surface area contributed by atoms with Crippen molar-refractivity contribution in [3.05, 3.63) is 54.7 Å². The predicted molar refractivity (Wildman–Crippen MR) is 144 cm³/mol. The zero-order valence-electron chi connectivity index (χ0n) is 20.6. The van der Waals surface area contributed by atoms with Crippen LogP contribution in [0.25, 0.3) is 11.1 Å². The van der Waals surface area contributed by atoms with Crippen LogP contribution in [0.2, 0.25) is 0 Å². The summed E-state index contributed by atoms with van der Waals surface area (Å²) in [5, 5.41) is 3.28. The van der Waals surface area contributed by atoms with Crippen molar-refractivity contribution in [2.45, 2.75) is 24.2 Å². The van der Waals surface area contributed by atoms with Crippen molar-refractivity contribution in [2.75, 3.05) is 62.3 Å². The first kappa shape index (κ1) is 24.5. The van der Waals surface area contributed by atoms with Gasteiger partial charge in [0.15, 0.2) is 0 Å². The Bertz CT molecular complexity index is 1300. The molecule has 190 valence electrons. The molecular formula is C26H33N7O2S. The lowest BCUT2D eigenvalue weighted by molar-refractivity contribution is 0.313. The van der Waals surface area contributed by atoms with Gasteiger partial charge in [-0.05, 0) is 55.8 Å². The molecule has 36 heavy (non-hydrogen) atoms. The number of piperidine rings is 1. The fourth-order valence-corrected chi connectivity index (χ4v) is 6.31. The largest absolute Gasteiger partial charge is 0.369 e. The van der Waals surface area contributed by atoms with Gasteiger partial charge < -0.3 is 20.9 Å². The van der Waals surface area contributed by atoms with Gasteiger partial charge in [0, 0.05) is 62.4 Å². The maximum absolute atomic E-state index is 13.2. The van der Waals surface area contributed by atoms with Crippen LogP contribution in [0.4, 0.5) is 23.1 Å². The Hall–Kier alpha value is -3.21. The number of nitrogens with two attached hydrogens (primary N) is 1. The van der Waals surface area contributed by atoms with Gasteiger partial charge in [-0.2, -0.15) is 9.29 Å². The van der Waals surface area contributed by atoms with Gasteiger partial charge in [0.2, 0.25) is 16.0 Å². The molecule has 0 spiro atoms. The van der Waals surface area contributed by atoms with Gasteiger partial charge >= 0.3 is 0 Å². The van der Waals surface area contributed by atoms with Gasteiger partial charge in [0.05, 0.1) is 4.90 Å². The zero-order chi connectivity index (χ0) is 25.1. The van der Waals surface area contributed by atoms with Crippen molar-refractivity contribution in [3.63, 3.8) is 0 Å². The van der Waals surface area contributed by atoms with E-state index in [0.29, 0.717) is 24.6 Å². The molecule has 10 heteroatoms. The molecule has 0 atom stereocenters. The van der Waals surface area contributed by atoms with E-state index in [0.717, 1.165) is 56.6 Å². The summed E-state index contributed by atoms with van der Waals surface area (Å²) in [6.45, 7) is 5.24. The third-order valence-corrected chi connectivity index (χ3v) is 8.80. The highest BCUT2D eigenvalue weighted by Gasteiger charge is 2.26. The van der Waals surface area contributed by atoms with Gasteiger partial charge in [0.1, 0.15) is 5.82 Å². The van der Waals surface area contributed by atoms with E-state index in [9.17, 15) is 8.42 Å². The molecule has 0 bridgehead atoms. The standard InChI is InChI=1S/C26H33N7O2S/c1-31-14-16-32(17-15-31)22-10-8-20(9-11-22)24-19-28-26(27)30-25(24)29-21-6-5-7-23(18-21)36(34,35)33-12-3-2-4-13-33/h5-11,18-19H,2-4,12-17H2,1H3,(H3,27,28,29,30). The molecular weight excluding hydrogens is 474 g/mol. The van der Waals surface area contributed by atoms with E-state index in [2.05, 4.69) is 56.4 Å². The Kier molecular flexibility index (Phi) is 7.08. The summed E-state index contributed by atoms with van der Waals surface area (Å²) in [5.41, 5.74) is 9.47. The monoisotopic (exact) mass is 507 g/mol. The summed E-state index contributed by atoms with van der Waals surface area (Å²) in [6.07, 6.45) is 4.56. The van der Waals surface area contributed by atoms with Crippen LogP contribution < -0.4 is 16.0 Å². The van der Waals surface area contributed by atoms with E-state index in [-0.39, 0.29) is 10.8 Å². The van der Waals surface area contributed by atoms with Crippen LogP contribution in [0.3, 0.4) is 0 Å². The number of likely N-dealkylation sites (N-methyl/N-ethyl adjacent to an activating group) is 1. The molecule has 3 heterocycles. The molecule has 2 saturated heterocycles. The number of nitrogens with zero attached hydrogens (tertiary/aromatic N) is 5. The topological polar surface area (TPSA) is 108 Å². The van der Waals surface area contributed by atoms with E-state index < -0.39 is 10.0 Å². The maximum atomic E-state index is 13.2. The Morgan fingerprint density at radius 1 is 0.917 bits per heavy atom. The molecule has 2 aliphatic rings. The van der Waals surface area contributed by atoms with Crippen molar-refractivity contribution >= 4 is 33.2 Å². The number of sulfonamides is 1. The lowest BCUT2D eigenvalue weighted by Gasteiger charge is -2.34. The lowest BCUT2D eigenvalue weighted by Crippen LogP contribution is -2.44. The van der Waals surface area contributed by atoms with Crippen LogP contribution in [0.5, 0.6) is 0 Å². The van der Waals surface area contributed by atoms with Gasteiger partial charge in [0.25, 0.3) is 0 Å². The number of piperazine rings is 1. The second-order valence-electron chi connectivity index (χ2n) is 9.45. The van der Waals surface area contributed by atoms with Crippen LogP contribution in [-0.2, 0) is 10.0 Å². The Morgan fingerprint density at radius 3 is 2.36 bits per heavy atom. The van der Waals surface area contributed by atoms with Gasteiger partial charge in [-0.25, -0.2) is 13.4 Å². The van der Waals surface area contributed by atoms with Crippen LogP contribution >= 0.6 is 0 Å². The first-order valence-electron chi connectivity index (χ1n) is 12.4. The average Bonchev–Trinajstić information content (AvgIpc) is 2.90. The minimum absolute atomic E-state index is 0.146. The summed E-state index contributed by atoms with van der Waals surface area (Å²) in [7, 11) is -1.39. The van der Waals surface area contributed by atoms with Crippen molar-refractivity contribution in [3.8, 4) is 11.1 Å². The minimum Gasteiger partial charge on any atom is -0.369 e. The first-order chi connectivity index (χ1) is 17.4. The molecule has 2 aromatic carbocycles. The van der Waals surface area contributed by atoms with Crippen molar-refractivity contribution in [1.29, 1.82) is 0 Å². The summed E-state index contributed by atoms with van der Waals surface area (Å²) in [4.78, 5) is 13.6. The Balaban J connectivity index is 1.39. The van der Waals surface area contributed by atoms with Gasteiger partial charge in [-0.1, -0.05) is 24.6 Å². The van der Waals surface area contributed by atoms with E-state index >= 15 is 0 Å². The number of hydrogen-bond donors (Lipinski definition) is 2. The molecule has 1 aromatic heterocycles. The smallest absolute Gasteiger partial charge is 0.243 e. The summed E-state index contributed by atoms with van der Waals surface area (Å²) < 4.78 is 27.9. The normalized spacial score (nSPS) is 17.8. The molecule has 2 fully saturated rings. The van der Waals surface area contributed by atoms with E-state index in [1.165, 1.54) is 5.69 Å². The Morgan fingerprint density at radius 2 is 1.64 bits per heavy atom. The fourth-order valence-electron chi connectivity index (χ4n) is 4.74. The van der Waals surface area contributed by atoms with E-state index in [4.69, 9.17) is 5.73 Å². The number of benzene rings is 2. The highest BCUT2D eigenvalue weighted by atomic mass is 32.2. The molecule has 3 aromatic rings. The van der Waals surface area contributed by atoms with Crippen LogP contribution in [0, 0.1) is 0 Å². The SMILES string of the molecule is CN1CCN(c2ccc(-c3cnc(N)nc3Nc3cccc(S(=O)(=O)N4CCCCC4)c3)cc2)CC1. The van der Waals surface area contributed by atoms with Crippen molar-refractivity contribution in [1.82, 2.24) is 19.2 Å². The first-order valence-corrected chi connectivity index (χ1v) is 13.9. The van der Waals surface area contributed by atoms with E-state index in [1.54, 1.807) is 28.7 Å². The van der Waals surface area contributed by atoms with Crippen molar-refractivity contribution < 1.29 is 8.42 Å². The lowest BCUT2D eigenvalue weighted by atomic mass is 10.1. The Labute approximate surface area is 213 Å². The molecule has 0 aliphatic carbocycles. The van der Waals surface area contributed by atoms with Crippen LogP contribution in [-0.4, -0.2) is 73.9 Å². The average molecular weight is 508 g/mol. The number of anilines is 4. The summed E-state index contributed by atoms with van der Waals surface area (Å²) in [6, 6.07) is 15.2. The zero-order valence-corrected chi connectivity index (χ0v) is 21.4. The predicted octanol–water partition coefficient (Wildman–Crippen LogP) is 3.40. The van der Waals surface area contributed by atoms with Crippen LogP contribution in [0.1, 0.15) is 19.3 Å². The van der Waals surface area contributed by atoms with Crippen LogP contribution in [0.15, 0.2) is 59.6 Å². The number of nitrogens with one attached hydrogen (secondary N) is 1. The van der Waals surface area contributed by atoms with Gasteiger partial charge in [-0.15, -0.1) is 0 Å². The molecule has 9 nitrogen and oxygen atoms in total. The third kappa shape index (κ3) is 5.30. The minimum atomic E-state index is -3.54. The molecule has 5 rings (SSSR count). The number of nitrogen functional groups attached to an aromatic ring is 1. The highest BCUT2D eigenvalue weighted by Crippen LogP contribution is 2.31. The molecule has 0 unspecified atom stereocenters. The second-order valence-corrected chi connectivity index (χ2v) is 11.4. The molecule has 0 amide bonds. The third-order valence-electron chi connectivity index (χ3n) is 6.90.